The molecule has 0 atom stereocenters. The second-order valence-corrected chi connectivity index (χ2v) is 2.31. The van der Waals surface area contributed by atoms with Crippen LogP contribution in [0.5, 0.6) is 0 Å². The molecule has 0 amide bonds. The van der Waals surface area contributed by atoms with Gasteiger partial charge in [0, 0.05) is 18.0 Å². The van der Waals surface area contributed by atoms with E-state index >= 15 is 0 Å². The number of aryl methyl sites for hydroxylation is 1. The van der Waals surface area contributed by atoms with E-state index in [0.717, 1.165) is 18.5 Å². The fourth-order valence-corrected chi connectivity index (χ4v) is 0.913. The minimum absolute atomic E-state index is 1.00. The minimum Gasteiger partial charge on any atom is -0.246 e. The molecule has 0 unspecified atom stereocenters. The van der Waals surface area contributed by atoms with Gasteiger partial charge in [-0.3, -0.25) is 0 Å². The Morgan fingerprint density at radius 3 is 3.00 bits per heavy atom. The Balaban J connectivity index is 2.69. The van der Waals surface area contributed by atoms with Crippen LogP contribution in [0.25, 0.3) is 0 Å². The Morgan fingerprint density at radius 1 is 1.78 bits per heavy atom. The lowest BCUT2D eigenvalue weighted by Crippen LogP contribution is -1.87. The zero-order valence-corrected chi connectivity index (χ0v) is 6.10. The molecule has 0 saturated heterocycles. The molecule has 0 N–H and O–H groups in total. The molecular weight excluding hydrogens is 136 g/mol. The molecule has 2 nitrogen and oxygen atoms in total. The molecule has 1 aromatic rings. The first-order valence-electron chi connectivity index (χ1n) is 3.02. The highest BCUT2D eigenvalue weighted by atomic mass is 35.5. The first-order chi connectivity index (χ1) is 4.34. The van der Waals surface area contributed by atoms with Gasteiger partial charge in [0.1, 0.15) is 6.33 Å². The maximum Gasteiger partial charge on any atom is 0.110 e. The highest BCUT2D eigenvalue weighted by molar-refractivity contribution is 6.15. The molecule has 1 rings (SSSR count). The molecule has 0 fully saturated rings. The third-order valence-electron chi connectivity index (χ3n) is 1.17. The minimum atomic E-state index is 1.00. The summed E-state index contributed by atoms with van der Waals surface area (Å²) in [4.78, 5) is 3.87. The van der Waals surface area contributed by atoms with Gasteiger partial charge in [-0.2, -0.15) is 0 Å². The summed E-state index contributed by atoms with van der Waals surface area (Å²) in [6.45, 7) is 2.11. The van der Waals surface area contributed by atoms with E-state index in [2.05, 4.69) is 11.9 Å². The van der Waals surface area contributed by atoms with Gasteiger partial charge in [0.2, 0.25) is 0 Å². The molecule has 0 radical (unpaired) electrons. The summed E-state index contributed by atoms with van der Waals surface area (Å²) in [6, 6.07) is 0. The van der Waals surface area contributed by atoms with E-state index in [0.29, 0.717) is 0 Å². The van der Waals surface area contributed by atoms with E-state index in [1.54, 1.807) is 12.5 Å². The lowest BCUT2D eigenvalue weighted by molar-refractivity contribution is 0.875. The van der Waals surface area contributed by atoms with Gasteiger partial charge in [0.15, 0.2) is 0 Å². The van der Waals surface area contributed by atoms with Crippen molar-refractivity contribution in [2.75, 3.05) is 0 Å². The van der Waals surface area contributed by atoms with Crippen molar-refractivity contribution in [3.8, 4) is 0 Å². The predicted octanol–water partition coefficient (Wildman–Crippen LogP) is 1.84. The van der Waals surface area contributed by atoms with Gasteiger partial charge < -0.3 is 0 Å². The summed E-state index contributed by atoms with van der Waals surface area (Å²) >= 11 is 5.67. The average molecular weight is 145 g/mol. The van der Waals surface area contributed by atoms with E-state index in [4.69, 9.17) is 11.8 Å². The van der Waals surface area contributed by atoms with Crippen molar-refractivity contribution >= 4 is 11.8 Å². The predicted molar refractivity (Wildman–Crippen MR) is 37.5 cm³/mol. The highest BCUT2D eigenvalue weighted by Gasteiger charge is 1.95. The molecule has 0 bridgehead atoms. The van der Waals surface area contributed by atoms with Crippen LogP contribution in [0, 0.1) is 0 Å². The van der Waals surface area contributed by atoms with Crippen molar-refractivity contribution in [2.45, 2.75) is 19.8 Å². The Bertz CT molecular complexity index is 183. The van der Waals surface area contributed by atoms with Crippen molar-refractivity contribution in [3.05, 3.63) is 18.2 Å². The van der Waals surface area contributed by atoms with Gasteiger partial charge in [-0.25, -0.2) is 9.07 Å². The molecule has 50 valence electrons. The summed E-state index contributed by atoms with van der Waals surface area (Å²) in [5.41, 5.74) is 1.08. The van der Waals surface area contributed by atoms with Crippen LogP contribution in [0.2, 0.25) is 0 Å². The van der Waals surface area contributed by atoms with E-state index in [1.165, 1.54) is 4.09 Å². The SMILES string of the molecule is CCCc1cncn1Cl. The van der Waals surface area contributed by atoms with Crippen LogP contribution >= 0.6 is 11.8 Å². The van der Waals surface area contributed by atoms with Gasteiger partial charge in [0.05, 0.1) is 5.69 Å². The second kappa shape index (κ2) is 2.87. The molecule has 1 aromatic heterocycles. The summed E-state index contributed by atoms with van der Waals surface area (Å²) < 4.78 is 1.53. The highest BCUT2D eigenvalue weighted by Crippen LogP contribution is 2.02. The van der Waals surface area contributed by atoms with Crippen molar-refractivity contribution in [1.82, 2.24) is 9.07 Å². The number of halogens is 1. The Hall–Kier alpha value is -0.500. The summed E-state index contributed by atoms with van der Waals surface area (Å²) in [5.74, 6) is 0. The number of rotatable bonds is 2. The zero-order valence-electron chi connectivity index (χ0n) is 5.34. The maximum absolute atomic E-state index is 5.67. The van der Waals surface area contributed by atoms with Gasteiger partial charge in [-0.05, 0) is 6.42 Å². The molecule has 1 heterocycles. The van der Waals surface area contributed by atoms with E-state index < -0.39 is 0 Å². The van der Waals surface area contributed by atoms with E-state index in [9.17, 15) is 0 Å². The van der Waals surface area contributed by atoms with Crippen LogP contribution in [0.4, 0.5) is 0 Å². The van der Waals surface area contributed by atoms with Crippen LogP contribution in [0.3, 0.4) is 0 Å². The van der Waals surface area contributed by atoms with Crippen molar-refractivity contribution < 1.29 is 0 Å². The summed E-state index contributed by atoms with van der Waals surface area (Å²) in [6.07, 6.45) is 5.50. The number of nitrogens with zero attached hydrogens (tertiary/aromatic N) is 2. The van der Waals surface area contributed by atoms with Crippen LogP contribution in [-0.2, 0) is 6.42 Å². The molecule has 0 aliphatic carbocycles. The van der Waals surface area contributed by atoms with Crippen LogP contribution < -0.4 is 0 Å². The number of hydrogen-bond acceptors (Lipinski definition) is 1. The molecule has 0 saturated carbocycles. The first kappa shape index (κ1) is 6.62. The normalized spacial score (nSPS) is 10.0. The summed E-state index contributed by atoms with van der Waals surface area (Å²) in [5, 5.41) is 0. The van der Waals surface area contributed by atoms with Crippen molar-refractivity contribution in [1.29, 1.82) is 0 Å². The third-order valence-corrected chi connectivity index (χ3v) is 1.48. The molecule has 0 spiro atoms. The Morgan fingerprint density at radius 2 is 2.56 bits per heavy atom. The smallest absolute Gasteiger partial charge is 0.110 e. The molecule has 3 heteroatoms. The Kier molecular flexibility index (Phi) is 2.11. The molecule has 9 heavy (non-hydrogen) atoms. The third kappa shape index (κ3) is 1.45. The van der Waals surface area contributed by atoms with Gasteiger partial charge in [0.25, 0.3) is 0 Å². The number of hydrogen-bond donors (Lipinski definition) is 0. The van der Waals surface area contributed by atoms with E-state index in [1.807, 2.05) is 0 Å². The molecule has 0 aromatic carbocycles. The number of aromatic nitrogens is 2. The quantitative estimate of drug-likeness (QED) is 0.620. The van der Waals surface area contributed by atoms with Gasteiger partial charge >= 0.3 is 0 Å². The lowest BCUT2D eigenvalue weighted by Gasteiger charge is -1.93. The van der Waals surface area contributed by atoms with Crippen LogP contribution in [-0.4, -0.2) is 9.07 Å². The first-order valence-corrected chi connectivity index (χ1v) is 3.35. The maximum atomic E-state index is 5.67. The molecule has 0 aliphatic heterocycles. The second-order valence-electron chi connectivity index (χ2n) is 1.95. The van der Waals surface area contributed by atoms with Gasteiger partial charge in [-0.15, -0.1) is 0 Å². The fourth-order valence-electron chi connectivity index (χ4n) is 0.735. The van der Waals surface area contributed by atoms with Gasteiger partial charge in [-0.1, -0.05) is 13.3 Å². The standard InChI is InChI=1S/C6H9ClN2/c1-2-3-6-4-8-5-9(6)7/h4-5H,2-3H2,1H3. The molecular formula is C6H9ClN2. The Labute approximate surface area is 59.6 Å². The largest absolute Gasteiger partial charge is 0.246 e. The topological polar surface area (TPSA) is 17.8 Å². The lowest BCUT2D eigenvalue weighted by atomic mass is 10.3. The van der Waals surface area contributed by atoms with Crippen molar-refractivity contribution in [3.63, 3.8) is 0 Å². The summed E-state index contributed by atoms with van der Waals surface area (Å²) in [7, 11) is 0. The van der Waals surface area contributed by atoms with Crippen LogP contribution in [0.15, 0.2) is 12.5 Å². The van der Waals surface area contributed by atoms with Crippen molar-refractivity contribution in [2.24, 2.45) is 0 Å². The monoisotopic (exact) mass is 144 g/mol. The van der Waals surface area contributed by atoms with Crippen LogP contribution in [0.1, 0.15) is 19.0 Å². The van der Waals surface area contributed by atoms with E-state index in [-0.39, 0.29) is 0 Å². The fraction of sp³-hybridized carbons (Fsp3) is 0.500. The zero-order chi connectivity index (χ0) is 6.69. The average Bonchev–Trinajstić information content (AvgIpc) is 2.18. The number of imidazole rings is 1. The molecule has 0 aliphatic rings.